The van der Waals surface area contributed by atoms with Crippen molar-refractivity contribution in [2.45, 2.75) is 4.90 Å². The fourth-order valence-electron chi connectivity index (χ4n) is 2.09. The number of rotatable bonds is 3. The molecule has 0 aliphatic heterocycles. The molecule has 0 aliphatic rings. The molecular weight excluding hydrogens is 260 g/mol. The Labute approximate surface area is 112 Å². The molecule has 2 rings (SSSR count). The lowest BCUT2D eigenvalue weighted by atomic mass is 10.1. The minimum atomic E-state index is -3.56. The second kappa shape index (κ2) is 4.90. The van der Waals surface area contributed by atoms with Crippen molar-refractivity contribution in [2.24, 2.45) is 0 Å². The summed E-state index contributed by atoms with van der Waals surface area (Å²) in [5, 5.41) is 10.2. The van der Waals surface area contributed by atoms with Crippen molar-refractivity contribution in [3.63, 3.8) is 0 Å². The third-order valence-electron chi connectivity index (χ3n) is 2.93. The third kappa shape index (κ3) is 2.40. The molecule has 0 heterocycles. The summed E-state index contributed by atoms with van der Waals surface area (Å²) < 4.78 is 24.2. The van der Waals surface area contributed by atoms with Gasteiger partial charge in [0.15, 0.2) is 9.84 Å². The van der Waals surface area contributed by atoms with Gasteiger partial charge in [0.05, 0.1) is 11.0 Å². The first-order chi connectivity index (χ1) is 8.97. The predicted molar refractivity (Wildman–Crippen MR) is 75.9 cm³/mol. The molecule has 0 unspecified atom stereocenters. The topological polar surface area (TPSA) is 61.2 Å². The van der Waals surface area contributed by atoms with E-state index in [4.69, 9.17) is 5.26 Å². The van der Waals surface area contributed by atoms with Crippen LogP contribution < -0.4 is 4.90 Å². The smallest absolute Gasteiger partial charge is 0.192 e. The molecule has 2 aromatic carbocycles. The van der Waals surface area contributed by atoms with Gasteiger partial charge >= 0.3 is 0 Å². The van der Waals surface area contributed by atoms with Crippen molar-refractivity contribution < 1.29 is 8.42 Å². The molecule has 0 amide bonds. The maximum atomic E-state index is 12.1. The number of fused-ring (bicyclic) bond motifs is 1. The lowest BCUT2D eigenvalue weighted by molar-refractivity contribution is 0.600. The molecule has 5 heteroatoms. The lowest BCUT2D eigenvalue weighted by Gasteiger charge is -2.16. The van der Waals surface area contributed by atoms with Crippen LogP contribution in [0.15, 0.2) is 41.3 Å². The number of nitrogens with zero attached hydrogens (tertiary/aromatic N) is 2. The largest absolute Gasteiger partial charge is 0.377 e. The van der Waals surface area contributed by atoms with Crippen LogP contribution in [0.1, 0.15) is 0 Å². The van der Waals surface area contributed by atoms with Crippen molar-refractivity contribution >= 4 is 26.3 Å². The van der Waals surface area contributed by atoms with Gasteiger partial charge < -0.3 is 4.90 Å². The van der Waals surface area contributed by atoms with Crippen LogP contribution in [0.4, 0.5) is 5.69 Å². The number of hydrogen-bond acceptors (Lipinski definition) is 4. The molecule has 0 saturated heterocycles. The molecule has 19 heavy (non-hydrogen) atoms. The zero-order chi connectivity index (χ0) is 14.0. The van der Waals surface area contributed by atoms with E-state index in [9.17, 15) is 8.42 Å². The van der Waals surface area contributed by atoms with Gasteiger partial charge in [-0.15, -0.1) is 0 Å². The zero-order valence-corrected chi connectivity index (χ0v) is 11.6. The van der Waals surface area contributed by atoms with Crippen molar-refractivity contribution in [1.82, 2.24) is 0 Å². The summed E-state index contributed by atoms with van der Waals surface area (Å²) in [6, 6.07) is 12.4. The third-order valence-corrected chi connectivity index (χ3v) is 4.47. The second-order valence-electron chi connectivity index (χ2n) is 4.44. The van der Waals surface area contributed by atoms with Crippen LogP contribution in [0.25, 0.3) is 10.8 Å². The molecular formula is C14H14N2O2S. The number of benzene rings is 2. The van der Waals surface area contributed by atoms with Crippen LogP contribution in [0, 0.1) is 11.3 Å². The predicted octanol–water partition coefficient (Wildman–Crippen LogP) is 2.20. The quantitative estimate of drug-likeness (QED) is 0.861. The fraction of sp³-hybridized carbons (Fsp3) is 0.214. The minimum Gasteiger partial charge on any atom is -0.377 e. The summed E-state index contributed by atoms with van der Waals surface area (Å²) >= 11 is 0. The van der Waals surface area contributed by atoms with E-state index in [0.717, 1.165) is 11.1 Å². The highest BCUT2D eigenvalue weighted by molar-refractivity contribution is 7.91. The molecule has 2 aromatic rings. The Kier molecular flexibility index (Phi) is 3.45. The van der Waals surface area contributed by atoms with Gasteiger partial charge in [-0.2, -0.15) is 5.26 Å². The highest BCUT2D eigenvalue weighted by Crippen LogP contribution is 2.30. The first-order valence-corrected chi connectivity index (χ1v) is 7.41. The minimum absolute atomic E-state index is 0.218. The first-order valence-electron chi connectivity index (χ1n) is 5.76. The summed E-state index contributed by atoms with van der Waals surface area (Å²) in [5.41, 5.74) is 0.950. The lowest BCUT2D eigenvalue weighted by Crippen LogP contribution is -2.10. The second-order valence-corrected chi connectivity index (χ2v) is 6.40. The standard InChI is InChI=1S/C14H14N2O2S/c1-16(2)13-7-3-6-12-11(13)5-4-8-14(12)19(17,18)10-9-15/h3-8H,10H2,1-2H3. The van der Waals surface area contributed by atoms with E-state index in [1.165, 1.54) is 0 Å². The van der Waals surface area contributed by atoms with E-state index < -0.39 is 15.6 Å². The average molecular weight is 274 g/mol. The van der Waals surface area contributed by atoms with Crippen LogP contribution in [-0.2, 0) is 9.84 Å². The van der Waals surface area contributed by atoms with E-state index in [1.807, 2.05) is 37.2 Å². The van der Waals surface area contributed by atoms with Gasteiger partial charge in [-0.05, 0) is 12.1 Å². The Balaban J connectivity index is 2.80. The Bertz CT molecular complexity index is 759. The number of nitriles is 1. The molecule has 0 saturated carbocycles. The normalized spacial score (nSPS) is 11.2. The van der Waals surface area contributed by atoms with E-state index in [2.05, 4.69) is 0 Å². The molecule has 0 atom stereocenters. The Morgan fingerprint density at radius 3 is 2.37 bits per heavy atom. The zero-order valence-electron chi connectivity index (χ0n) is 10.8. The van der Waals surface area contributed by atoms with Gasteiger partial charge in [0.1, 0.15) is 5.75 Å². The van der Waals surface area contributed by atoms with E-state index in [1.54, 1.807) is 24.3 Å². The maximum absolute atomic E-state index is 12.1. The molecule has 0 bridgehead atoms. The van der Waals surface area contributed by atoms with Crippen molar-refractivity contribution in [3.8, 4) is 6.07 Å². The molecule has 0 aliphatic carbocycles. The van der Waals surface area contributed by atoms with Gasteiger partial charge in [0.25, 0.3) is 0 Å². The average Bonchev–Trinajstić information content (AvgIpc) is 2.37. The van der Waals surface area contributed by atoms with Crippen molar-refractivity contribution in [2.75, 3.05) is 24.7 Å². The summed E-state index contributed by atoms with van der Waals surface area (Å²) in [5.74, 6) is -0.502. The van der Waals surface area contributed by atoms with Crippen LogP contribution in [0.2, 0.25) is 0 Å². The molecule has 98 valence electrons. The molecule has 0 radical (unpaired) electrons. The summed E-state index contributed by atoms with van der Waals surface area (Å²) in [6.07, 6.45) is 0. The summed E-state index contributed by atoms with van der Waals surface area (Å²) in [7, 11) is 0.257. The van der Waals surface area contributed by atoms with Gasteiger partial charge in [-0.25, -0.2) is 8.42 Å². The first kappa shape index (κ1) is 13.4. The highest BCUT2D eigenvalue weighted by atomic mass is 32.2. The van der Waals surface area contributed by atoms with Crippen molar-refractivity contribution in [3.05, 3.63) is 36.4 Å². The van der Waals surface area contributed by atoms with Crippen LogP contribution in [0.5, 0.6) is 0 Å². The Morgan fingerprint density at radius 2 is 1.74 bits per heavy atom. The van der Waals surface area contributed by atoms with Crippen LogP contribution in [-0.4, -0.2) is 28.3 Å². The van der Waals surface area contributed by atoms with Crippen molar-refractivity contribution in [1.29, 1.82) is 5.26 Å². The van der Waals surface area contributed by atoms with Gasteiger partial charge in [-0.3, -0.25) is 0 Å². The number of sulfone groups is 1. The number of hydrogen-bond donors (Lipinski definition) is 0. The van der Waals surface area contributed by atoms with Gasteiger partial charge in [0, 0.05) is 30.6 Å². The molecule has 0 aromatic heterocycles. The van der Waals surface area contributed by atoms with Gasteiger partial charge in [0.2, 0.25) is 0 Å². The van der Waals surface area contributed by atoms with E-state index >= 15 is 0 Å². The monoisotopic (exact) mass is 274 g/mol. The molecule has 4 nitrogen and oxygen atoms in total. The number of anilines is 1. The summed E-state index contributed by atoms with van der Waals surface area (Å²) in [6.45, 7) is 0. The van der Waals surface area contributed by atoms with Crippen LogP contribution >= 0.6 is 0 Å². The van der Waals surface area contributed by atoms with Crippen LogP contribution in [0.3, 0.4) is 0 Å². The molecule has 0 N–H and O–H groups in total. The summed E-state index contributed by atoms with van der Waals surface area (Å²) in [4.78, 5) is 2.15. The highest BCUT2D eigenvalue weighted by Gasteiger charge is 2.18. The van der Waals surface area contributed by atoms with Gasteiger partial charge in [-0.1, -0.05) is 24.3 Å². The van der Waals surface area contributed by atoms with E-state index in [0.29, 0.717) is 5.39 Å². The maximum Gasteiger partial charge on any atom is 0.192 e. The SMILES string of the molecule is CN(C)c1cccc2c(S(=O)(=O)CC#N)cccc12. The fourth-order valence-corrected chi connectivity index (χ4v) is 3.21. The van der Waals surface area contributed by atoms with E-state index in [-0.39, 0.29) is 4.90 Å². The Hall–Kier alpha value is -2.06. The Morgan fingerprint density at radius 1 is 1.11 bits per heavy atom. The molecule has 0 fully saturated rings. The molecule has 0 spiro atoms.